The first-order valence-corrected chi connectivity index (χ1v) is 16.5. The van der Waals surface area contributed by atoms with Crippen molar-refractivity contribution in [2.24, 2.45) is 5.41 Å². The van der Waals surface area contributed by atoms with E-state index in [0.717, 1.165) is 62.2 Å². The van der Waals surface area contributed by atoms with Gasteiger partial charge in [-0.2, -0.15) is 0 Å². The molecule has 6 nitrogen and oxygen atoms in total. The van der Waals surface area contributed by atoms with Gasteiger partial charge in [0.15, 0.2) is 0 Å². The van der Waals surface area contributed by atoms with E-state index >= 15 is 0 Å². The predicted molar refractivity (Wildman–Crippen MR) is 187 cm³/mol. The second-order valence-electron chi connectivity index (χ2n) is 12.9. The lowest BCUT2D eigenvalue weighted by atomic mass is 9.84. The second-order valence-corrected chi connectivity index (χ2v) is 12.9. The Labute approximate surface area is 265 Å². The van der Waals surface area contributed by atoms with Gasteiger partial charge in [-0.25, -0.2) is 10.4 Å². The molecule has 238 valence electrons. The molecular formula is C38H54N4O2. The number of nitrogens with zero attached hydrogens (tertiary/aromatic N) is 2. The summed E-state index contributed by atoms with van der Waals surface area (Å²) in [6, 6.07) is 16.1. The Morgan fingerprint density at radius 1 is 1.14 bits per heavy atom. The van der Waals surface area contributed by atoms with Crippen LogP contribution in [0.3, 0.4) is 0 Å². The zero-order valence-corrected chi connectivity index (χ0v) is 28.0. The van der Waals surface area contributed by atoms with Gasteiger partial charge in [-0.1, -0.05) is 70.7 Å². The summed E-state index contributed by atoms with van der Waals surface area (Å²) < 4.78 is 14.4. The number of benzene rings is 2. The van der Waals surface area contributed by atoms with Crippen molar-refractivity contribution >= 4 is 22.7 Å². The molecule has 0 unspecified atom stereocenters. The zero-order chi connectivity index (χ0) is 31.7. The molecule has 0 aliphatic carbocycles. The molecule has 0 saturated carbocycles. The molecule has 0 radical (unpaired) electrons. The van der Waals surface area contributed by atoms with Crippen molar-refractivity contribution in [2.45, 2.75) is 79.3 Å². The maximum atomic E-state index is 8.54. The smallest absolute Gasteiger partial charge is 0.0719 e. The highest BCUT2D eigenvalue weighted by atomic mass is 16.5. The molecular weight excluding hydrogens is 544 g/mol. The lowest BCUT2D eigenvalue weighted by molar-refractivity contribution is 0.0137. The normalized spacial score (nSPS) is 16.7. The standard InChI is InChI=1S/C38H54N4O2/c1-8-19-41-20-13-16-32(40-41)26-44-27-38(5,6)23-34-33-22-31(30-15-12-14-28(9-2)21-30)17-18-36(33)42(11-4)37(34)35(24-39)29(10-3)25-43-7/h10,12,14-15,17-18,21-22,24,32,39-40H,3,8-9,11,13,16,19-20,23,25-27H2,1-2,4-7H3/b35-29-,39-24?/t32-/m0/s1. The second kappa shape index (κ2) is 15.8. The average Bonchev–Trinajstić information content (AvgIpc) is 3.32. The highest BCUT2D eigenvalue weighted by Gasteiger charge is 2.28. The Balaban J connectivity index is 1.75. The number of fused-ring (bicyclic) bond motifs is 1. The van der Waals surface area contributed by atoms with E-state index in [1.54, 1.807) is 7.11 Å². The van der Waals surface area contributed by atoms with E-state index < -0.39 is 0 Å². The van der Waals surface area contributed by atoms with Gasteiger partial charge in [0.1, 0.15) is 0 Å². The number of hydrogen-bond donors (Lipinski definition) is 2. The molecule has 1 aliphatic rings. The molecule has 2 N–H and O–H groups in total. The van der Waals surface area contributed by atoms with E-state index in [-0.39, 0.29) is 5.41 Å². The number of methoxy groups -OCH3 is 1. The van der Waals surface area contributed by atoms with Gasteiger partial charge in [0.25, 0.3) is 0 Å². The molecule has 2 aromatic carbocycles. The van der Waals surface area contributed by atoms with Gasteiger partial charge in [-0.3, -0.25) is 0 Å². The minimum Gasteiger partial charge on any atom is -0.380 e. The monoisotopic (exact) mass is 598 g/mol. The summed E-state index contributed by atoms with van der Waals surface area (Å²) in [5.74, 6) is 0. The SMILES string of the molecule is C=C/C(COC)=C(\C=N)c1c(CC(C)(C)COC[C@@H]2CCCN(CCC)N2)c2cc(-c3cccc(CC)c3)ccc2n1CC. The Kier molecular flexibility index (Phi) is 12.2. The summed E-state index contributed by atoms with van der Waals surface area (Å²) in [6.07, 6.45) is 8.65. The number of allylic oxidation sites excluding steroid dienone is 1. The summed E-state index contributed by atoms with van der Waals surface area (Å²) in [4.78, 5) is 0. The fourth-order valence-corrected chi connectivity index (χ4v) is 6.59. The number of ether oxygens (including phenoxy) is 2. The van der Waals surface area contributed by atoms with Gasteiger partial charge >= 0.3 is 0 Å². The summed E-state index contributed by atoms with van der Waals surface area (Å²) in [5, 5.41) is 12.1. The van der Waals surface area contributed by atoms with Crippen LogP contribution in [0.5, 0.6) is 0 Å². The summed E-state index contributed by atoms with van der Waals surface area (Å²) in [6.45, 7) is 20.1. The molecule has 3 aromatic rings. The minimum atomic E-state index is -0.125. The number of rotatable bonds is 16. The fourth-order valence-electron chi connectivity index (χ4n) is 6.59. The summed E-state index contributed by atoms with van der Waals surface area (Å²) >= 11 is 0. The molecule has 4 rings (SSSR count). The van der Waals surface area contributed by atoms with Crippen LogP contribution in [0.2, 0.25) is 0 Å². The lowest BCUT2D eigenvalue weighted by Gasteiger charge is -2.34. The van der Waals surface area contributed by atoms with E-state index in [2.05, 4.69) is 98.7 Å². The van der Waals surface area contributed by atoms with Gasteiger partial charge in [0.2, 0.25) is 0 Å². The minimum absolute atomic E-state index is 0.125. The van der Waals surface area contributed by atoms with Crippen molar-refractivity contribution in [3.63, 3.8) is 0 Å². The van der Waals surface area contributed by atoms with Crippen LogP contribution in [-0.4, -0.2) is 61.9 Å². The van der Waals surface area contributed by atoms with E-state index in [9.17, 15) is 0 Å². The molecule has 1 aliphatic heterocycles. The molecule has 6 heteroatoms. The number of hydrazine groups is 1. The quantitative estimate of drug-likeness (QED) is 0.129. The van der Waals surface area contributed by atoms with E-state index in [0.29, 0.717) is 25.9 Å². The third-order valence-electron chi connectivity index (χ3n) is 8.75. The van der Waals surface area contributed by atoms with Gasteiger partial charge in [0.05, 0.1) is 25.5 Å². The molecule has 1 fully saturated rings. The van der Waals surface area contributed by atoms with E-state index in [1.165, 1.54) is 45.8 Å². The van der Waals surface area contributed by atoms with Crippen LogP contribution in [0.25, 0.3) is 27.6 Å². The van der Waals surface area contributed by atoms with Gasteiger partial charge in [0, 0.05) is 55.5 Å². The van der Waals surface area contributed by atoms with Crippen LogP contribution in [-0.2, 0) is 28.9 Å². The third-order valence-corrected chi connectivity index (χ3v) is 8.75. The number of hydrogen-bond acceptors (Lipinski definition) is 5. The summed E-state index contributed by atoms with van der Waals surface area (Å²) in [7, 11) is 1.70. The Bertz CT molecular complexity index is 1450. The third kappa shape index (κ3) is 7.97. The molecule has 0 bridgehead atoms. The van der Waals surface area contributed by atoms with Crippen molar-refractivity contribution in [3.05, 3.63) is 77.5 Å². The first-order chi connectivity index (χ1) is 21.3. The molecule has 0 amide bonds. The highest BCUT2D eigenvalue weighted by molar-refractivity contribution is 6.12. The molecule has 1 atom stereocenters. The average molecular weight is 599 g/mol. The number of aryl methyl sites for hydroxylation is 2. The largest absolute Gasteiger partial charge is 0.380 e. The molecule has 1 aromatic heterocycles. The van der Waals surface area contributed by atoms with Crippen LogP contribution in [0.1, 0.15) is 70.7 Å². The molecule has 2 heterocycles. The molecule has 1 saturated heterocycles. The lowest BCUT2D eigenvalue weighted by Crippen LogP contribution is -2.51. The van der Waals surface area contributed by atoms with Crippen molar-refractivity contribution in [2.75, 3.05) is 40.0 Å². The molecule has 0 spiro atoms. The fraction of sp³-hybridized carbons (Fsp3) is 0.500. The zero-order valence-electron chi connectivity index (χ0n) is 28.0. The van der Waals surface area contributed by atoms with Crippen LogP contribution in [0, 0.1) is 10.8 Å². The van der Waals surface area contributed by atoms with E-state index in [1.807, 2.05) is 6.08 Å². The van der Waals surface area contributed by atoms with Gasteiger partial charge in [-0.05, 0) is 84.4 Å². The van der Waals surface area contributed by atoms with Crippen LogP contribution >= 0.6 is 0 Å². The van der Waals surface area contributed by atoms with Gasteiger partial charge < -0.3 is 19.5 Å². The Morgan fingerprint density at radius 2 is 1.93 bits per heavy atom. The topological polar surface area (TPSA) is 62.5 Å². The molecule has 44 heavy (non-hydrogen) atoms. The Morgan fingerprint density at radius 3 is 2.61 bits per heavy atom. The van der Waals surface area contributed by atoms with Crippen molar-refractivity contribution in [1.29, 1.82) is 5.41 Å². The van der Waals surface area contributed by atoms with Crippen molar-refractivity contribution < 1.29 is 9.47 Å². The van der Waals surface area contributed by atoms with E-state index in [4.69, 9.17) is 14.9 Å². The maximum absolute atomic E-state index is 8.54. The van der Waals surface area contributed by atoms with Crippen LogP contribution in [0.4, 0.5) is 0 Å². The number of aromatic nitrogens is 1. The van der Waals surface area contributed by atoms with Crippen molar-refractivity contribution in [1.82, 2.24) is 15.0 Å². The first-order valence-electron chi connectivity index (χ1n) is 16.5. The van der Waals surface area contributed by atoms with Crippen LogP contribution in [0.15, 0.2) is 60.7 Å². The van der Waals surface area contributed by atoms with Crippen LogP contribution < -0.4 is 5.43 Å². The predicted octanol–water partition coefficient (Wildman–Crippen LogP) is 8.09. The highest BCUT2D eigenvalue weighted by Crippen LogP contribution is 2.38. The van der Waals surface area contributed by atoms with Crippen molar-refractivity contribution in [3.8, 4) is 11.1 Å². The Hall–Kier alpha value is -3.03. The summed E-state index contributed by atoms with van der Waals surface area (Å²) in [5.41, 5.74) is 12.6. The first kappa shape index (κ1) is 33.9. The maximum Gasteiger partial charge on any atom is 0.0719 e. The number of nitrogens with one attached hydrogen (secondary N) is 2. The van der Waals surface area contributed by atoms with Gasteiger partial charge in [-0.15, -0.1) is 0 Å².